The van der Waals surface area contributed by atoms with Crippen molar-refractivity contribution in [2.75, 3.05) is 12.9 Å². The molecule has 3 N–H and O–H groups in total. The molecule has 72 valence electrons. The Morgan fingerprint density at radius 3 is 2.31 bits per heavy atom. The predicted octanol–water partition coefficient (Wildman–Crippen LogP) is 1.57. The molecule has 0 saturated heterocycles. The Morgan fingerprint density at radius 2 is 1.92 bits per heavy atom. The summed E-state index contributed by atoms with van der Waals surface area (Å²) in [4.78, 5) is 1.21. The Hall–Kier alpha value is -0.510. The van der Waals surface area contributed by atoms with Gasteiger partial charge >= 0.3 is 0 Å². The summed E-state index contributed by atoms with van der Waals surface area (Å²) in [6, 6.07) is 7.95. The first-order valence-electron chi connectivity index (χ1n) is 4.14. The standard InChI is InChI=1S/C10H15NOS/c1-10(11,7-12)8-3-5-9(13-2)6-4-8/h3-6,12H,7,11H2,1-2H3/t10-/m1/s1. The molecular weight excluding hydrogens is 182 g/mol. The van der Waals surface area contributed by atoms with Gasteiger partial charge < -0.3 is 10.8 Å². The molecule has 2 nitrogen and oxygen atoms in total. The van der Waals surface area contributed by atoms with Gasteiger partial charge in [0, 0.05) is 4.90 Å². The minimum absolute atomic E-state index is 0.0361. The fraction of sp³-hybridized carbons (Fsp3) is 0.400. The molecule has 0 aliphatic heterocycles. The van der Waals surface area contributed by atoms with Crippen LogP contribution < -0.4 is 5.73 Å². The molecule has 0 amide bonds. The number of aliphatic hydroxyl groups is 1. The fourth-order valence-corrected chi connectivity index (χ4v) is 1.47. The van der Waals surface area contributed by atoms with E-state index in [4.69, 9.17) is 10.8 Å². The molecule has 0 aromatic heterocycles. The van der Waals surface area contributed by atoms with Gasteiger partial charge in [-0.3, -0.25) is 0 Å². The highest BCUT2D eigenvalue weighted by molar-refractivity contribution is 7.98. The number of rotatable bonds is 3. The molecule has 3 heteroatoms. The van der Waals surface area contributed by atoms with E-state index in [2.05, 4.69) is 0 Å². The van der Waals surface area contributed by atoms with Crippen LogP contribution in [0.1, 0.15) is 12.5 Å². The monoisotopic (exact) mass is 197 g/mol. The van der Waals surface area contributed by atoms with Gasteiger partial charge in [-0.25, -0.2) is 0 Å². The number of nitrogens with two attached hydrogens (primary N) is 1. The van der Waals surface area contributed by atoms with Crippen LogP contribution in [0.2, 0.25) is 0 Å². The third-order valence-corrected chi connectivity index (χ3v) is 2.82. The summed E-state index contributed by atoms with van der Waals surface area (Å²) in [7, 11) is 0. The van der Waals surface area contributed by atoms with Crippen LogP contribution in [-0.4, -0.2) is 18.0 Å². The van der Waals surface area contributed by atoms with Gasteiger partial charge in [0.15, 0.2) is 0 Å². The lowest BCUT2D eigenvalue weighted by Crippen LogP contribution is -2.36. The van der Waals surface area contributed by atoms with E-state index in [-0.39, 0.29) is 6.61 Å². The Balaban J connectivity index is 2.92. The smallest absolute Gasteiger partial charge is 0.0650 e. The van der Waals surface area contributed by atoms with Gasteiger partial charge in [0.2, 0.25) is 0 Å². The third kappa shape index (κ3) is 2.46. The Bertz CT molecular complexity index is 269. The molecule has 1 aromatic carbocycles. The molecule has 0 radical (unpaired) electrons. The van der Waals surface area contributed by atoms with E-state index in [0.29, 0.717) is 0 Å². The highest BCUT2D eigenvalue weighted by Crippen LogP contribution is 2.21. The minimum atomic E-state index is -0.628. The van der Waals surface area contributed by atoms with E-state index in [0.717, 1.165) is 5.56 Å². The SMILES string of the molecule is CSc1ccc([C@](C)(N)CO)cc1. The van der Waals surface area contributed by atoms with Gasteiger partial charge in [0.25, 0.3) is 0 Å². The Morgan fingerprint density at radius 1 is 1.38 bits per heavy atom. The molecule has 0 unspecified atom stereocenters. The van der Waals surface area contributed by atoms with Crippen LogP contribution in [0.5, 0.6) is 0 Å². The van der Waals surface area contributed by atoms with E-state index >= 15 is 0 Å². The zero-order chi connectivity index (χ0) is 9.90. The predicted molar refractivity (Wildman–Crippen MR) is 56.8 cm³/mol. The minimum Gasteiger partial charge on any atom is -0.394 e. The summed E-state index contributed by atoms with van der Waals surface area (Å²) < 4.78 is 0. The largest absolute Gasteiger partial charge is 0.394 e. The summed E-state index contributed by atoms with van der Waals surface area (Å²) in [5, 5.41) is 9.04. The second-order valence-electron chi connectivity index (χ2n) is 3.30. The molecule has 0 fully saturated rings. The first-order valence-corrected chi connectivity index (χ1v) is 5.37. The van der Waals surface area contributed by atoms with E-state index in [9.17, 15) is 0 Å². The highest BCUT2D eigenvalue weighted by Gasteiger charge is 2.19. The zero-order valence-corrected chi connectivity index (χ0v) is 8.77. The lowest BCUT2D eigenvalue weighted by atomic mass is 9.94. The van der Waals surface area contributed by atoms with Crippen LogP contribution >= 0.6 is 11.8 Å². The van der Waals surface area contributed by atoms with Crippen molar-refractivity contribution in [2.24, 2.45) is 5.73 Å². The Labute approximate surface area is 83.1 Å². The molecule has 0 saturated carbocycles. The number of benzene rings is 1. The Kier molecular flexibility index (Phi) is 3.36. The number of thioether (sulfide) groups is 1. The second-order valence-corrected chi connectivity index (χ2v) is 4.18. The van der Waals surface area contributed by atoms with Crippen LogP contribution in [0.15, 0.2) is 29.2 Å². The van der Waals surface area contributed by atoms with E-state index in [1.54, 1.807) is 11.8 Å². The molecule has 1 rings (SSSR count). The van der Waals surface area contributed by atoms with Crippen molar-refractivity contribution < 1.29 is 5.11 Å². The molecule has 13 heavy (non-hydrogen) atoms. The van der Waals surface area contributed by atoms with Crippen LogP contribution in [0.25, 0.3) is 0 Å². The average Bonchev–Trinajstić information content (AvgIpc) is 2.18. The zero-order valence-electron chi connectivity index (χ0n) is 7.95. The van der Waals surface area contributed by atoms with Gasteiger partial charge in [0.05, 0.1) is 12.1 Å². The lowest BCUT2D eigenvalue weighted by molar-refractivity contribution is 0.210. The molecule has 0 bridgehead atoms. The van der Waals surface area contributed by atoms with Crippen molar-refractivity contribution in [3.05, 3.63) is 29.8 Å². The first-order chi connectivity index (χ1) is 6.10. The van der Waals surface area contributed by atoms with Crippen molar-refractivity contribution in [3.8, 4) is 0 Å². The third-order valence-electron chi connectivity index (χ3n) is 2.08. The molecule has 0 heterocycles. The maximum Gasteiger partial charge on any atom is 0.0650 e. The van der Waals surface area contributed by atoms with Crippen molar-refractivity contribution in [2.45, 2.75) is 17.4 Å². The summed E-state index contributed by atoms with van der Waals surface area (Å²) in [6.07, 6.45) is 2.03. The normalized spacial score (nSPS) is 15.4. The maximum atomic E-state index is 9.04. The summed E-state index contributed by atoms with van der Waals surface area (Å²) in [6.45, 7) is 1.78. The van der Waals surface area contributed by atoms with Crippen molar-refractivity contribution in [1.29, 1.82) is 0 Å². The maximum absolute atomic E-state index is 9.04. The number of hydrogen-bond acceptors (Lipinski definition) is 3. The van der Waals surface area contributed by atoms with Crippen LogP contribution in [-0.2, 0) is 5.54 Å². The summed E-state index contributed by atoms with van der Waals surface area (Å²) >= 11 is 1.69. The molecule has 0 aliphatic rings. The number of aliphatic hydroxyl groups excluding tert-OH is 1. The lowest BCUT2D eigenvalue weighted by Gasteiger charge is -2.22. The average molecular weight is 197 g/mol. The second kappa shape index (κ2) is 4.13. The van der Waals surface area contributed by atoms with Gasteiger partial charge in [-0.05, 0) is 30.9 Å². The summed E-state index contributed by atoms with van der Waals surface area (Å²) in [5.41, 5.74) is 6.21. The van der Waals surface area contributed by atoms with E-state index in [1.165, 1.54) is 4.90 Å². The van der Waals surface area contributed by atoms with Gasteiger partial charge in [0.1, 0.15) is 0 Å². The van der Waals surface area contributed by atoms with Crippen molar-refractivity contribution in [1.82, 2.24) is 0 Å². The fourth-order valence-electron chi connectivity index (χ4n) is 1.06. The molecule has 1 atom stereocenters. The van der Waals surface area contributed by atoms with Crippen LogP contribution in [0.3, 0.4) is 0 Å². The topological polar surface area (TPSA) is 46.2 Å². The molecular formula is C10H15NOS. The highest BCUT2D eigenvalue weighted by atomic mass is 32.2. The van der Waals surface area contributed by atoms with Crippen LogP contribution in [0, 0.1) is 0 Å². The van der Waals surface area contributed by atoms with Gasteiger partial charge in [-0.15, -0.1) is 11.8 Å². The van der Waals surface area contributed by atoms with Crippen LogP contribution in [0.4, 0.5) is 0 Å². The van der Waals surface area contributed by atoms with Gasteiger partial charge in [-0.2, -0.15) is 0 Å². The van der Waals surface area contributed by atoms with Crippen molar-refractivity contribution >= 4 is 11.8 Å². The quantitative estimate of drug-likeness (QED) is 0.723. The van der Waals surface area contributed by atoms with E-state index < -0.39 is 5.54 Å². The molecule has 1 aromatic rings. The summed E-state index contributed by atoms with van der Waals surface area (Å²) in [5.74, 6) is 0. The molecule has 0 spiro atoms. The molecule has 0 aliphatic carbocycles. The van der Waals surface area contributed by atoms with Crippen molar-refractivity contribution in [3.63, 3.8) is 0 Å². The first kappa shape index (κ1) is 10.6. The van der Waals surface area contributed by atoms with E-state index in [1.807, 2.05) is 37.4 Å². The number of hydrogen-bond donors (Lipinski definition) is 2. The van der Waals surface area contributed by atoms with Gasteiger partial charge in [-0.1, -0.05) is 12.1 Å².